The molecular weight excluding hydrogens is 446 g/mol. The van der Waals surface area contributed by atoms with Gasteiger partial charge in [0.25, 0.3) is 5.56 Å². The summed E-state index contributed by atoms with van der Waals surface area (Å²) >= 11 is 7.63. The van der Waals surface area contributed by atoms with Crippen LogP contribution in [-0.2, 0) is 4.79 Å². The largest absolute Gasteiger partial charge is 0.326 e. The number of aromatic nitrogens is 4. The van der Waals surface area contributed by atoms with Crippen LogP contribution in [0.5, 0.6) is 0 Å². The quantitative estimate of drug-likeness (QED) is 0.448. The topological polar surface area (TPSA) is 81.8 Å². The van der Waals surface area contributed by atoms with E-state index in [0.717, 1.165) is 16.8 Å². The maximum atomic E-state index is 13.3. The van der Waals surface area contributed by atoms with Crippen LogP contribution in [0, 0.1) is 13.8 Å². The lowest BCUT2D eigenvalue weighted by molar-refractivity contribution is -0.116. The minimum atomic E-state index is -0.276. The molecule has 0 saturated heterocycles. The van der Waals surface area contributed by atoms with Gasteiger partial charge in [-0.2, -0.15) is 5.10 Å². The zero-order chi connectivity index (χ0) is 22.4. The molecule has 0 spiro atoms. The van der Waals surface area contributed by atoms with Crippen molar-refractivity contribution in [3.8, 4) is 5.69 Å². The summed E-state index contributed by atoms with van der Waals surface area (Å²) in [5.74, 6) is 0.431. The number of carbonyl (C=O) groups is 1. The van der Waals surface area contributed by atoms with Crippen molar-refractivity contribution in [3.05, 3.63) is 75.2 Å². The Morgan fingerprint density at radius 2 is 2.03 bits per heavy atom. The summed E-state index contributed by atoms with van der Waals surface area (Å²) < 4.78 is 3.33. The number of anilines is 1. The third kappa shape index (κ3) is 3.59. The Labute approximate surface area is 193 Å². The number of nitrogens with zero attached hydrogens (tertiary/aromatic N) is 4. The molecule has 3 heterocycles. The molecule has 0 fully saturated rings. The van der Waals surface area contributed by atoms with Crippen LogP contribution in [0.2, 0.25) is 5.02 Å². The molecule has 1 N–H and O–H groups in total. The van der Waals surface area contributed by atoms with E-state index in [4.69, 9.17) is 16.6 Å². The predicted octanol–water partition coefficient (Wildman–Crippen LogP) is 4.53. The lowest BCUT2D eigenvalue weighted by Gasteiger charge is -2.14. The maximum Gasteiger partial charge on any atom is 0.265 e. The summed E-state index contributed by atoms with van der Waals surface area (Å²) in [7, 11) is 0. The SMILES string of the molecule is Cc1ccc(NC(=O)CC2CSc3nc4c(cnn4-c4ccccc4C)c(=O)n32)cc1Cl. The monoisotopic (exact) mass is 465 g/mol. The molecule has 2 aromatic carbocycles. The van der Waals surface area contributed by atoms with Crippen LogP contribution in [0.25, 0.3) is 16.7 Å². The Morgan fingerprint density at radius 1 is 1.22 bits per heavy atom. The van der Waals surface area contributed by atoms with Crippen molar-refractivity contribution in [2.24, 2.45) is 0 Å². The summed E-state index contributed by atoms with van der Waals surface area (Å²) in [6.45, 7) is 3.90. The van der Waals surface area contributed by atoms with E-state index in [1.165, 1.54) is 11.8 Å². The number of hydrogen-bond acceptors (Lipinski definition) is 5. The first-order valence-corrected chi connectivity index (χ1v) is 11.5. The predicted molar refractivity (Wildman–Crippen MR) is 127 cm³/mol. The molecule has 9 heteroatoms. The highest BCUT2D eigenvalue weighted by Crippen LogP contribution is 2.34. The molecule has 5 rings (SSSR count). The molecule has 1 unspecified atom stereocenters. The van der Waals surface area contributed by atoms with Crippen LogP contribution < -0.4 is 10.9 Å². The minimum Gasteiger partial charge on any atom is -0.326 e. The Morgan fingerprint density at radius 3 is 2.81 bits per heavy atom. The van der Waals surface area contributed by atoms with Gasteiger partial charge in [-0.15, -0.1) is 0 Å². The fourth-order valence-corrected chi connectivity index (χ4v) is 5.17. The first kappa shape index (κ1) is 20.8. The first-order valence-electron chi connectivity index (χ1n) is 10.2. The standard InChI is InChI=1S/C23H20ClN5O2S/c1-13-7-8-15(9-18(13)24)26-20(30)10-16-12-32-23-27-21-17(22(31)28(16)23)11-25-29(21)19-6-4-3-5-14(19)2/h3-9,11,16H,10,12H2,1-2H3,(H,26,30). The van der Waals surface area contributed by atoms with E-state index >= 15 is 0 Å². The van der Waals surface area contributed by atoms with Gasteiger partial charge in [-0.05, 0) is 43.2 Å². The van der Waals surface area contributed by atoms with Crippen LogP contribution in [-0.4, -0.2) is 31.0 Å². The van der Waals surface area contributed by atoms with Crippen LogP contribution in [0.15, 0.2) is 58.6 Å². The Bertz CT molecular complexity index is 1430. The zero-order valence-corrected chi connectivity index (χ0v) is 19.1. The van der Waals surface area contributed by atoms with E-state index < -0.39 is 0 Å². The lowest BCUT2D eigenvalue weighted by Crippen LogP contribution is -2.27. The summed E-state index contributed by atoms with van der Waals surface area (Å²) in [5.41, 5.74) is 3.86. The van der Waals surface area contributed by atoms with Crippen molar-refractivity contribution in [2.45, 2.75) is 31.5 Å². The zero-order valence-electron chi connectivity index (χ0n) is 17.5. The highest BCUT2D eigenvalue weighted by Gasteiger charge is 2.29. The first-order chi connectivity index (χ1) is 15.4. The Kier molecular flexibility index (Phi) is 5.27. The molecule has 0 radical (unpaired) electrons. The van der Waals surface area contributed by atoms with Gasteiger partial charge in [0.2, 0.25) is 5.91 Å². The number of fused-ring (bicyclic) bond motifs is 2. The number of aryl methyl sites for hydroxylation is 2. The van der Waals surface area contributed by atoms with Gasteiger partial charge >= 0.3 is 0 Å². The fourth-order valence-electron chi connectivity index (χ4n) is 3.85. The molecule has 4 aromatic rings. The molecule has 0 aliphatic carbocycles. The number of amides is 1. The average molecular weight is 466 g/mol. The van der Waals surface area contributed by atoms with E-state index in [2.05, 4.69) is 10.4 Å². The molecule has 1 aliphatic rings. The van der Waals surface area contributed by atoms with Crippen molar-refractivity contribution in [1.29, 1.82) is 0 Å². The number of halogens is 1. The second kappa shape index (κ2) is 8.11. The Hall–Kier alpha value is -3.10. The van der Waals surface area contributed by atoms with Crippen molar-refractivity contribution in [3.63, 3.8) is 0 Å². The number of para-hydroxylation sites is 1. The highest BCUT2D eigenvalue weighted by atomic mass is 35.5. The van der Waals surface area contributed by atoms with Crippen LogP contribution in [0.3, 0.4) is 0 Å². The van der Waals surface area contributed by atoms with Gasteiger partial charge in [-0.1, -0.05) is 47.6 Å². The van der Waals surface area contributed by atoms with Gasteiger partial charge in [0, 0.05) is 22.9 Å². The molecule has 1 amide bonds. The second-order valence-electron chi connectivity index (χ2n) is 7.83. The van der Waals surface area contributed by atoms with Crippen LogP contribution in [0.4, 0.5) is 5.69 Å². The van der Waals surface area contributed by atoms with Gasteiger partial charge in [0.05, 0.1) is 17.9 Å². The van der Waals surface area contributed by atoms with Gasteiger partial charge < -0.3 is 5.32 Å². The number of rotatable bonds is 4. The van der Waals surface area contributed by atoms with Gasteiger partial charge in [-0.3, -0.25) is 14.2 Å². The van der Waals surface area contributed by atoms with Crippen LogP contribution in [0.1, 0.15) is 23.6 Å². The third-order valence-electron chi connectivity index (χ3n) is 5.59. The van der Waals surface area contributed by atoms with Crippen molar-refractivity contribution >= 4 is 46.0 Å². The summed E-state index contributed by atoms with van der Waals surface area (Å²) in [4.78, 5) is 30.7. The number of thioether (sulfide) groups is 1. The van der Waals surface area contributed by atoms with Crippen molar-refractivity contribution < 1.29 is 4.79 Å². The van der Waals surface area contributed by atoms with Gasteiger partial charge in [0.15, 0.2) is 10.8 Å². The highest BCUT2D eigenvalue weighted by molar-refractivity contribution is 7.99. The molecule has 1 atom stereocenters. The van der Waals surface area contributed by atoms with Crippen molar-refractivity contribution in [1.82, 2.24) is 19.3 Å². The summed E-state index contributed by atoms with van der Waals surface area (Å²) in [6.07, 6.45) is 1.73. The number of carbonyl (C=O) groups excluding carboxylic acids is 1. The van der Waals surface area contributed by atoms with E-state index in [1.54, 1.807) is 21.5 Å². The molecule has 1 aliphatic heterocycles. The lowest BCUT2D eigenvalue weighted by atomic mass is 10.2. The Balaban J connectivity index is 1.44. The molecule has 2 aromatic heterocycles. The molecule has 0 bridgehead atoms. The fraction of sp³-hybridized carbons (Fsp3) is 0.217. The molecule has 7 nitrogen and oxygen atoms in total. The van der Waals surface area contributed by atoms with Gasteiger partial charge in [0.1, 0.15) is 5.39 Å². The molecular formula is C23H20ClN5O2S. The normalized spacial score (nSPS) is 15.2. The average Bonchev–Trinajstić information content (AvgIpc) is 3.36. The molecule has 0 saturated carbocycles. The van der Waals surface area contributed by atoms with E-state index in [0.29, 0.717) is 32.7 Å². The van der Waals surface area contributed by atoms with Gasteiger partial charge in [-0.25, -0.2) is 9.67 Å². The van der Waals surface area contributed by atoms with E-state index in [1.807, 2.05) is 50.2 Å². The maximum absolute atomic E-state index is 13.3. The number of hydrogen-bond donors (Lipinski definition) is 1. The number of nitrogens with one attached hydrogen (secondary N) is 1. The smallest absolute Gasteiger partial charge is 0.265 e. The molecule has 32 heavy (non-hydrogen) atoms. The summed E-state index contributed by atoms with van der Waals surface area (Å²) in [5, 5.41) is 8.94. The number of benzene rings is 2. The van der Waals surface area contributed by atoms with Crippen molar-refractivity contribution in [2.75, 3.05) is 11.1 Å². The second-order valence-corrected chi connectivity index (χ2v) is 9.23. The summed E-state index contributed by atoms with van der Waals surface area (Å²) in [6, 6.07) is 13.0. The van der Waals surface area contributed by atoms with Crippen LogP contribution >= 0.6 is 23.4 Å². The third-order valence-corrected chi connectivity index (χ3v) is 7.10. The minimum absolute atomic E-state index is 0.171. The van der Waals surface area contributed by atoms with E-state index in [9.17, 15) is 9.59 Å². The van der Waals surface area contributed by atoms with E-state index in [-0.39, 0.29) is 23.9 Å². The molecule has 162 valence electrons.